The molecule has 2 fully saturated rings. The molecule has 0 radical (unpaired) electrons. The van der Waals surface area contributed by atoms with Crippen molar-refractivity contribution in [3.05, 3.63) is 23.6 Å². The molecule has 2 aliphatic heterocycles. The molecule has 2 aromatic rings. The van der Waals surface area contributed by atoms with Gasteiger partial charge in [0.1, 0.15) is 10.8 Å². The fourth-order valence-corrected chi connectivity index (χ4v) is 5.33. The number of carbonyl (C=O) groups excluding carboxylic acids is 1. The lowest BCUT2D eigenvalue weighted by atomic mass is 10.1. The van der Waals surface area contributed by atoms with Gasteiger partial charge in [-0.1, -0.05) is 17.8 Å². The van der Waals surface area contributed by atoms with E-state index in [1.165, 1.54) is 4.21 Å². The third kappa shape index (κ3) is 2.95. The number of likely N-dealkylation sites (tertiary alicyclic amines) is 1. The lowest BCUT2D eigenvalue weighted by molar-refractivity contribution is -0.129. The second-order valence-electron chi connectivity index (χ2n) is 6.19. The molecule has 2 aromatic heterocycles. The molecule has 2 N–H and O–H groups in total. The van der Waals surface area contributed by atoms with Crippen molar-refractivity contribution in [1.82, 2.24) is 14.9 Å². The molecule has 0 spiro atoms. The van der Waals surface area contributed by atoms with E-state index in [0.29, 0.717) is 17.9 Å². The quantitative estimate of drug-likeness (QED) is 0.846. The highest BCUT2D eigenvalue weighted by atomic mass is 32.2. The minimum atomic E-state index is 0.167. The molecule has 2 aliphatic rings. The van der Waals surface area contributed by atoms with E-state index >= 15 is 0 Å². The van der Waals surface area contributed by atoms with Crippen LogP contribution in [-0.4, -0.2) is 46.5 Å². The number of nitrogens with zero attached hydrogens (tertiary/aromatic N) is 4. The van der Waals surface area contributed by atoms with Crippen molar-refractivity contribution in [2.24, 2.45) is 5.92 Å². The highest BCUT2D eigenvalue weighted by Gasteiger charge is 2.42. The van der Waals surface area contributed by atoms with Gasteiger partial charge in [0.2, 0.25) is 11.9 Å². The maximum absolute atomic E-state index is 11.8. The fourth-order valence-electron chi connectivity index (χ4n) is 3.61. The van der Waals surface area contributed by atoms with E-state index in [-0.39, 0.29) is 5.91 Å². The molecule has 2 saturated heterocycles. The average Bonchev–Trinajstić information content (AvgIpc) is 3.21. The first kappa shape index (κ1) is 15.7. The molecule has 8 heteroatoms. The molecular formula is C16H19N5OS2. The van der Waals surface area contributed by atoms with Crippen LogP contribution in [-0.2, 0) is 4.79 Å². The maximum atomic E-state index is 11.8. The second-order valence-corrected chi connectivity index (χ2v) is 8.46. The van der Waals surface area contributed by atoms with Gasteiger partial charge in [-0.2, -0.15) is 4.98 Å². The minimum absolute atomic E-state index is 0.167. The van der Waals surface area contributed by atoms with Gasteiger partial charge < -0.3 is 15.5 Å². The van der Waals surface area contributed by atoms with Gasteiger partial charge in [0, 0.05) is 38.5 Å². The van der Waals surface area contributed by atoms with E-state index in [1.807, 2.05) is 22.4 Å². The Morgan fingerprint density at radius 2 is 2.29 bits per heavy atom. The fraction of sp³-hybridized carbons (Fsp3) is 0.438. The van der Waals surface area contributed by atoms with E-state index < -0.39 is 0 Å². The number of hydrogen-bond acceptors (Lipinski definition) is 7. The molecule has 4 heterocycles. The number of thiophene rings is 1. The number of fused-ring (bicyclic) bond motifs is 1. The van der Waals surface area contributed by atoms with E-state index in [0.717, 1.165) is 36.9 Å². The number of carbonyl (C=O) groups is 1. The summed E-state index contributed by atoms with van der Waals surface area (Å²) in [5.41, 5.74) is 5.92. The molecule has 126 valence electrons. The number of anilines is 2. The molecule has 1 amide bonds. The van der Waals surface area contributed by atoms with Crippen LogP contribution in [0.25, 0.3) is 0 Å². The van der Waals surface area contributed by atoms with Crippen molar-refractivity contribution in [3.63, 3.8) is 0 Å². The van der Waals surface area contributed by atoms with E-state index in [1.54, 1.807) is 30.0 Å². The van der Waals surface area contributed by atoms with Gasteiger partial charge in [0.05, 0.1) is 10.3 Å². The van der Waals surface area contributed by atoms with E-state index in [4.69, 9.17) is 5.73 Å². The topological polar surface area (TPSA) is 75.4 Å². The van der Waals surface area contributed by atoms with Crippen LogP contribution in [0.4, 0.5) is 11.8 Å². The summed E-state index contributed by atoms with van der Waals surface area (Å²) in [6.07, 6.45) is 1.07. The Labute approximate surface area is 149 Å². The summed E-state index contributed by atoms with van der Waals surface area (Å²) in [6.45, 7) is 4.28. The second kappa shape index (κ2) is 6.25. The van der Waals surface area contributed by atoms with Gasteiger partial charge in [0.15, 0.2) is 0 Å². The normalized spacial score (nSPS) is 22.9. The van der Waals surface area contributed by atoms with Crippen LogP contribution >= 0.6 is 23.1 Å². The van der Waals surface area contributed by atoms with Gasteiger partial charge in [-0.3, -0.25) is 4.79 Å². The maximum Gasteiger partial charge on any atom is 0.223 e. The lowest BCUT2D eigenvalue weighted by Crippen LogP contribution is -2.38. The monoisotopic (exact) mass is 361 g/mol. The molecule has 0 unspecified atom stereocenters. The van der Waals surface area contributed by atoms with E-state index in [2.05, 4.69) is 20.9 Å². The number of nitrogen functional groups attached to an aromatic ring is 1. The van der Waals surface area contributed by atoms with Gasteiger partial charge in [-0.25, -0.2) is 4.98 Å². The van der Waals surface area contributed by atoms with Crippen LogP contribution in [0.3, 0.4) is 0 Å². The smallest absolute Gasteiger partial charge is 0.223 e. The number of aromatic nitrogens is 2. The summed E-state index contributed by atoms with van der Waals surface area (Å²) in [6, 6.07) is 6.39. The summed E-state index contributed by atoms with van der Waals surface area (Å²) in [5.74, 6) is 1.85. The standard InChI is InChI=1S/C16H19N5OS2/c1-10(22)21-5-4-11-8-20(9-12(11)21)13-7-14(19-16(17)18-13)24-15-3-2-6-23-15/h2-3,6-7,11-12H,4-5,8-9H2,1H3,(H2,17,18,19)/t11-,12+/m0/s1. The minimum Gasteiger partial charge on any atom is -0.368 e. The zero-order valence-electron chi connectivity index (χ0n) is 13.4. The SMILES string of the molecule is CC(=O)N1CC[C@H]2CN(c3cc(Sc4cccs4)nc(N)n3)C[C@H]21. The number of hydrogen-bond donors (Lipinski definition) is 1. The Balaban J connectivity index is 1.54. The van der Waals surface area contributed by atoms with Crippen LogP contribution in [0.1, 0.15) is 13.3 Å². The Bertz CT molecular complexity index is 751. The molecule has 0 aromatic carbocycles. The van der Waals surface area contributed by atoms with Crippen LogP contribution in [0.15, 0.2) is 32.8 Å². The highest BCUT2D eigenvalue weighted by Crippen LogP contribution is 2.36. The summed E-state index contributed by atoms with van der Waals surface area (Å²) in [7, 11) is 0. The molecule has 24 heavy (non-hydrogen) atoms. The molecular weight excluding hydrogens is 342 g/mol. The molecule has 0 saturated carbocycles. The first-order chi connectivity index (χ1) is 11.6. The van der Waals surface area contributed by atoms with Crippen molar-refractivity contribution in [2.45, 2.75) is 28.6 Å². The third-order valence-electron chi connectivity index (χ3n) is 4.68. The molecule has 0 aliphatic carbocycles. The lowest BCUT2D eigenvalue weighted by Gasteiger charge is -2.24. The summed E-state index contributed by atoms with van der Waals surface area (Å²) < 4.78 is 1.18. The Kier molecular flexibility index (Phi) is 4.09. The first-order valence-electron chi connectivity index (χ1n) is 7.98. The molecule has 2 atom stereocenters. The van der Waals surface area contributed by atoms with Crippen LogP contribution in [0.2, 0.25) is 0 Å². The third-order valence-corrected chi connectivity index (χ3v) is 6.64. The van der Waals surface area contributed by atoms with Crippen LogP contribution in [0.5, 0.6) is 0 Å². The van der Waals surface area contributed by atoms with Gasteiger partial charge in [-0.05, 0) is 17.9 Å². The summed E-state index contributed by atoms with van der Waals surface area (Å²) in [5, 5.41) is 2.91. The van der Waals surface area contributed by atoms with Crippen LogP contribution in [0, 0.1) is 5.92 Å². The molecule has 4 rings (SSSR count). The first-order valence-corrected chi connectivity index (χ1v) is 9.68. The Hall–Kier alpha value is -1.80. The van der Waals surface area contributed by atoms with Gasteiger partial charge in [0.25, 0.3) is 0 Å². The predicted molar refractivity (Wildman–Crippen MR) is 96.4 cm³/mol. The van der Waals surface area contributed by atoms with Crippen LogP contribution < -0.4 is 10.6 Å². The number of rotatable bonds is 3. The highest BCUT2D eigenvalue weighted by molar-refractivity contribution is 8.01. The Morgan fingerprint density at radius 1 is 1.42 bits per heavy atom. The van der Waals surface area contributed by atoms with Crippen molar-refractivity contribution in [1.29, 1.82) is 0 Å². The summed E-state index contributed by atoms with van der Waals surface area (Å²) >= 11 is 3.29. The average molecular weight is 361 g/mol. The van der Waals surface area contributed by atoms with Crippen molar-refractivity contribution in [2.75, 3.05) is 30.3 Å². The zero-order valence-corrected chi connectivity index (χ0v) is 15.0. The predicted octanol–water partition coefficient (Wildman–Crippen LogP) is 2.33. The van der Waals surface area contributed by atoms with Crippen molar-refractivity contribution < 1.29 is 4.79 Å². The summed E-state index contributed by atoms with van der Waals surface area (Å²) in [4.78, 5) is 24.8. The van der Waals surface area contributed by atoms with Crippen molar-refractivity contribution in [3.8, 4) is 0 Å². The molecule has 6 nitrogen and oxygen atoms in total. The molecule has 0 bridgehead atoms. The van der Waals surface area contributed by atoms with Crippen molar-refractivity contribution >= 4 is 40.8 Å². The largest absolute Gasteiger partial charge is 0.368 e. The van der Waals surface area contributed by atoms with E-state index in [9.17, 15) is 4.79 Å². The zero-order chi connectivity index (χ0) is 16.7. The number of nitrogens with two attached hydrogens (primary N) is 1. The Morgan fingerprint density at radius 3 is 3.04 bits per heavy atom. The van der Waals surface area contributed by atoms with Gasteiger partial charge in [-0.15, -0.1) is 11.3 Å². The number of amides is 1. The van der Waals surface area contributed by atoms with Gasteiger partial charge >= 0.3 is 0 Å².